The Hall–Kier alpha value is -2.14. The largest absolute Gasteiger partial charge is 0.476 e. The lowest BCUT2D eigenvalue weighted by Gasteiger charge is -2.36. The van der Waals surface area contributed by atoms with Gasteiger partial charge in [-0.3, -0.25) is 0 Å². The summed E-state index contributed by atoms with van der Waals surface area (Å²) in [6, 6.07) is 8.27. The Labute approximate surface area is 127 Å². The van der Waals surface area contributed by atoms with Crippen LogP contribution in [0.2, 0.25) is 5.02 Å². The number of nitrogens with one attached hydrogen (secondary N) is 1. The van der Waals surface area contributed by atoms with Crippen LogP contribution in [0.1, 0.15) is 34.8 Å². The number of carbonyl (C=O) groups is 1. The zero-order valence-corrected chi connectivity index (χ0v) is 11.9. The summed E-state index contributed by atoms with van der Waals surface area (Å²) in [7, 11) is 0. The van der Waals surface area contributed by atoms with Crippen molar-refractivity contribution in [1.29, 1.82) is 0 Å². The molecule has 0 aliphatic heterocycles. The number of benzene rings is 1. The number of anilines is 1. The summed E-state index contributed by atoms with van der Waals surface area (Å²) in [5, 5.41) is 12.8. The summed E-state index contributed by atoms with van der Waals surface area (Å²) in [5.41, 5.74) is 1.21. The van der Waals surface area contributed by atoms with E-state index in [-0.39, 0.29) is 5.69 Å². The van der Waals surface area contributed by atoms with E-state index in [4.69, 9.17) is 16.7 Å². The lowest BCUT2D eigenvalue weighted by Crippen LogP contribution is -2.34. The molecule has 0 bridgehead atoms. The third-order valence-electron chi connectivity index (χ3n) is 3.68. The van der Waals surface area contributed by atoms with Crippen LogP contribution in [0.15, 0.2) is 36.7 Å². The number of rotatable bonds is 4. The minimum atomic E-state index is -1.07. The van der Waals surface area contributed by atoms with Gasteiger partial charge in [0.15, 0.2) is 5.69 Å². The zero-order valence-electron chi connectivity index (χ0n) is 11.2. The summed E-state index contributed by atoms with van der Waals surface area (Å²) < 4.78 is 0. The molecule has 0 unspecified atom stereocenters. The van der Waals surface area contributed by atoms with Gasteiger partial charge in [0.05, 0.1) is 12.4 Å². The van der Waals surface area contributed by atoms with E-state index in [0.29, 0.717) is 17.8 Å². The van der Waals surface area contributed by atoms with Crippen molar-refractivity contribution in [2.24, 2.45) is 0 Å². The van der Waals surface area contributed by atoms with Gasteiger partial charge in [-0.15, -0.1) is 0 Å². The predicted octanol–water partition coefficient (Wildman–Crippen LogP) is 3.19. The van der Waals surface area contributed by atoms with Gasteiger partial charge in [-0.25, -0.2) is 14.8 Å². The standard InChI is InChI=1S/C15H14ClN3O2/c16-11-3-1-2-9(4-11)10-5-12(6-10)19-14-8-17-13(7-18-14)15(20)21/h1-4,7-8,10,12H,5-6H2,(H,18,19)(H,20,21). The van der Waals surface area contributed by atoms with E-state index in [1.54, 1.807) is 0 Å². The molecule has 1 aliphatic carbocycles. The maximum absolute atomic E-state index is 10.7. The summed E-state index contributed by atoms with van der Waals surface area (Å²) in [4.78, 5) is 18.6. The number of hydrogen-bond acceptors (Lipinski definition) is 4. The Bertz CT molecular complexity index is 654. The molecule has 1 saturated carbocycles. The van der Waals surface area contributed by atoms with Crippen LogP contribution in [-0.2, 0) is 0 Å². The lowest BCUT2D eigenvalue weighted by molar-refractivity contribution is 0.0690. The minimum Gasteiger partial charge on any atom is -0.476 e. The average Bonchev–Trinajstić information content (AvgIpc) is 2.43. The van der Waals surface area contributed by atoms with Crippen molar-refractivity contribution in [1.82, 2.24) is 9.97 Å². The molecule has 0 atom stereocenters. The van der Waals surface area contributed by atoms with Gasteiger partial charge in [-0.1, -0.05) is 23.7 Å². The van der Waals surface area contributed by atoms with Crippen molar-refractivity contribution in [3.63, 3.8) is 0 Å². The molecule has 1 aromatic carbocycles. The SMILES string of the molecule is O=C(O)c1cnc(NC2CC(c3cccc(Cl)c3)C2)cn1. The summed E-state index contributed by atoms with van der Waals surface area (Å²) >= 11 is 5.99. The van der Waals surface area contributed by atoms with Crippen molar-refractivity contribution < 1.29 is 9.90 Å². The van der Waals surface area contributed by atoms with Gasteiger partial charge >= 0.3 is 5.97 Å². The molecule has 21 heavy (non-hydrogen) atoms. The Morgan fingerprint density at radius 3 is 2.71 bits per heavy atom. The van der Waals surface area contributed by atoms with Gasteiger partial charge < -0.3 is 10.4 Å². The zero-order chi connectivity index (χ0) is 14.8. The minimum absolute atomic E-state index is 0.0500. The Kier molecular flexibility index (Phi) is 3.75. The monoisotopic (exact) mass is 303 g/mol. The molecule has 108 valence electrons. The Balaban J connectivity index is 1.56. The number of aromatic carboxylic acids is 1. The maximum Gasteiger partial charge on any atom is 0.356 e. The van der Waals surface area contributed by atoms with Crippen LogP contribution < -0.4 is 5.32 Å². The first-order chi connectivity index (χ1) is 10.1. The van der Waals surface area contributed by atoms with Crippen LogP contribution in [0.5, 0.6) is 0 Å². The van der Waals surface area contributed by atoms with Crippen LogP contribution in [-0.4, -0.2) is 27.1 Å². The molecule has 1 aromatic heterocycles. The normalized spacial score (nSPS) is 20.6. The highest BCUT2D eigenvalue weighted by molar-refractivity contribution is 6.30. The number of hydrogen-bond donors (Lipinski definition) is 2. The van der Waals surface area contributed by atoms with Crippen molar-refractivity contribution in [2.75, 3.05) is 5.32 Å². The summed E-state index contributed by atoms with van der Waals surface area (Å²) in [6.45, 7) is 0. The molecule has 5 nitrogen and oxygen atoms in total. The van der Waals surface area contributed by atoms with E-state index in [1.165, 1.54) is 18.0 Å². The number of carboxylic acid groups (broad SMARTS) is 1. The lowest BCUT2D eigenvalue weighted by atomic mass is 9.76. The summed E-state index contributed by atoms with van der Waals surface area (Å²) in [5.74, 6) is 0.0423. The highest BCUT2D eigenvalue weighted by atomic mass is 35.5. The van der Waals surface area contributed by atoms with Crippen LogP contribution in [0.25, 0.3) is 0 Å². The van der Waals surface area contributed by atoms with E-state index in [1.807, 2.05) is 18.2 Å². The first-order valence-corrected chi connectivity index (χ1v) is 7.07. The van der Waals surface area contributed by atoms with E-state index in [2.05, 4.69) is 21.4 Å². The Morgan fingerprint density at radius 1 is 1.29 bits per heavy atom. The molecular formula is C15H14ClN3O2. The fourth-order valence-electron chi connectivity index (χ4n) is 2.49. The van der Waals surface area contributed by atoms with E-state index >= 15 is 0 Å². The third kappa shape index (κ3) is 3.13. The van der Waals surface area contributed by atoms with E-state index < -0.39 is 5.97 Å². The highest BCUT2D eigenvalue weighted by Crippen LogP contribution is 2.38. The topological polar surface area (TPSA) is 75.1 Å². The second kappa shape index (κ2) is 5.69. The van der Waals surface area contributed by atoms with Crippen LogP contribution in [0, 0.1) is 0 Å². The molecule has 0 saturated heterocycles. The first-order valence-electron chi connectivity index (χ1n) is 6.69. The number of carboxylic acids is 1. The van der Waals surface area contributed by atoms with Gasteiger partial charge in [-0.05, 0) is 36.5 Å². The third-order valence-corrected chi connectivity index (χ3v) is 3.92. The quantitative estimate of drug-likeness (QED) is 0.907. The summed E-state index contributed by atoms with van der Waals surface area (Å²) in [6.07, 6.45) is 4.72. The maximum atomic E-state index is 10.7. The predicted molar refractivity (Wildman–Crippen MR) is 79.8 cm³/mol. The number of nitrogens with zero attached hydrogens (tertiary/aromatic N) is 2. The molecule has 1 fully saturated rings. The van der Waals surface area contributed by atoms with Gasteiger partial charge in [0, 0.05) is 11.1 Å². The van der Waals surface area contributed by atoms with Gasteiger partial charge in [-0.2, -0.15) is 0 Å². The second-order valence-corrected chi connectivity index (χ2v) is 5.59. The molecule has 2 aromatic rings. The van der Waals surface area contributed by atoms with Gasteiger partial charge in [0.25, 0.3) is 0 Å². The van der Waals surface area contributed by atoms with Crippen molar-refractivity contribution in [3.8, 4) is 0 Å². The van der Waals surface area contributed by atoms with Crippen LogP contribution in [0.4, 0.5) is 5.82 Å². The molecule has 1 aliphatic rings. The van der Waals surface area contributed by atoms with Crippen molar-refractivity contribution >= 4 is 23.4 Å². The first kappa shape index (κ1) is 13.8. The smallest absolute Gasteiger partial charge is 0.356 e. The van der Waals surface area contributed by atoms with E-state index in [9.17, 15) is 4.79 Å². The van der Waals surface area contributed by atoms with Crippen molar-refractivity contribution in [3.05, 3.63) is 52.9 Å². The molecule has 3 rings (SSSR count). The second-order valence-electron chi connectivity index (χ2n) is 5.16. The van der Waals surface area contributed by atoms with Crippen LogP contribution in [0.3, 0.4) is 0 Å². The Morgan fingerprint density at radius 2 is 2.10 bits per heavy atom. The molecular weight excluding hydrogens is 290 g/mol. The van der Waals surface area contributed by atoms with Gasteiger partial charge in [0.1, 0.15) is 5.82 Å². The highest BCUT2D eigenvalue weighted by Gasteiger charge is 2.30. The fraction of sp³-hybridized carbons (Fsp3) is 0.267. The van der Waals surface area contributed by atoms with E-state index in [0.717, 1.165) is 17.9 Å². The molecule has 2 N–H and O–H groups in total. The molecule has 6 heteroatoms. The van der Waals surface area contributed by atoms with Gasteiger partial charge in [0.2, 0.25) is 0 Å². The number of halogens is 1. The van der Waals surface area contributed by atoms with Crippen LogP contribution >= 0.6 is 11.6 Å². The average molecular weight is 304 g/mol. The molecule has 0 radical (unpaired) electrons. The molecule has 1 heterocycles. The fourth-order valence-corrected chi connectivity index (χ4v) is 2.69. The molecule has 0 spiro atoms. The van der Waals surface area contributed by atoms with Crippen molar-refractivity contribution in [2.45, 2.75) is 24.8 Å². The number of aromatic nitrogens is 2. The molecule has 0 amide bonds.